The van der Waals surface area contributed by atoms with Gasteiger partial charge in [0.05, 0.1) is 12.1 Å². The first-order chi connectivity index (χ1) is 13.7. The second-order valence-corrected chi connectivity index (χ2v) is 8.44. The lowest BCUT2D eigenvalue weighted by Crippen LogP contribution is -2.46. The van der Waals surface area contributed by atoms with Crippen LogP contribution in [0.3, 0.4) is 0 Å². The molecule has 0 N–H and O–H groups in total. The van der Waals surface area contributed by atoms with Crippen molar-refractivity contribution >= 4 is 11.8 Å². The smallest absolute Gasteiger partial charge is 0.253 e. The van der Waals surface area contributed by atoms with Gasteiger partial charge in [0, 0.05) is 43.1 Å². The van der Waals surface area contributed by atoms with Gasteiger partial charge in [-0.3, -0.25) is 9.59 Å². The third-order valence-corrected chi connectivity index (χ3v) is 6.70. The number of nitrogens with zero attached hydrogens (tertiary/aromatic N) is 3. The summed E-state index contributed by atoms with van der Waals surface area (Å²) in [5, 5.41) is 0. The zero-order chi connectivity index (χ0) is 19.1. The summed E-state index contributed by atoms with van der Waals surface area (Å²) >= 11 is 0. The van der Waals surface area contributed by atoms with Crippen molar-refractivity contribution in [3.05, 3.63) is 54.2 Å². The van der Waals surface area contributed by atoms with Gasteiger partial charge >= 0.3 is 0 Å². The number of carbonyl (C=O) groups excluding carboxylic acids is 2. The summed E-state index contributed by atoms with van der Waals surface area (Å²) in [6.07, 6.45) is 7.14. The van der Waals surface area contributed by atoms with Crippen LogP contribution in [0.4, 0.5) is 0 Å². The second kappa shape index (κ2) is 6.76. The van der Waals surface area contributed by atoms with E-state index in [1.54, 1.807) is 12.5 Å². The molecule has 1 aromatic heterocycles. The van der Waals surface area contributed by atoms with Crippen LogP contribution in [0.5, 0.6) is 0 Å². The van der Waals surface area contributed by atoms with Gasteiger partial charge in [0.2, 0.25) is 5.91 Å². The number of piperidine rings is 1. The van der Waals surface area contributed by atoms with Gasteiger partial charge in [-0.15, -0.1) is 0 Å². The molecule has 3 aliphatic rings. The topological polar surface area (TPSA) is 66.7 Å². The maximum atomic E-state index is 13.1. The van der Waals surface area contributed by atoms with E-state index in [0.717, 1.165) is 38.8 Å². The maximum absolute atomic E-state index is 13.1. The number of aromatic nitrogens is 1. The van der Waals surface area contributed by atoms with Crippen molar-refractivity contribution in [3.8, 4) is 0 Å². The Morgan fingerprint density at radius 3 is 2.46 bits per heavy atom. The summed E-state index contributed by atoms with van der Waals surface area (Å²) in [5.74, 6) is 1.43. The van der Waals surface area contributed by atoms with Gasteiger partial charge in [0.1, 0.15) is 6.26 Å². The summed E-state index contributed by atoms with van der Waals surface area (Å²) in [5.41, 5.74) is 0.641. The Labute approximate surface area is 164 Å². The number of amides is 2. The number of hydrogen-bond donors (Lipinski definition) is 0. The molecule has 1 spiro atoms. The van der Waals surface area contributed by atoms with Crippen LogP contribution in [-0.2, 0) is 4.79 Å². The lowest BCUT2D eigenvalue weighted by atomic mass is 9.70. The SMILES string of the molecule is O=C(c1ccccc1)N1CC(c2ncco2)C2(CCN(C(=O)C3CC3)CC2)C1. The van der Waals surface area contributed by atoms with Crippen LogP contribution in [0, 0.1) is 11.3 Å². The number of benzene rings is 1. The average Bonchev–Trinajstić information content (AvgIpc) is 3.33. The molecule has 2 amide bonds. The molecule has 1 saturated carbocycles. The molecule has 6 nitrogen and oxygen atoms in total. The summed E-state index contributed by atoms with van der Waals surface area (Å²) in [6.45, 7) is 2.84. The van der Waals surface area contributed by atoms with E-state index in [9.17, 15) is 9.59 Å². The second-order valence-electron chi connectivity index (χ2n) is 8.44. The van der Waals surface area contributed by atoms with E-state index < -0.39 is 0 Å². The summed E-state index contributed by atoms with van der Waals surface area (Å²) in [6, 6.07) is 9.44. The standard InChI is InChI=1S/C22H25N3O3/c26-20(17-6-7-17)24-11-8-22(9-12-24)15-25(14-18(22)19-23-10-13-28-19)21(27)16-4-2-1-3-5-16/h1-5,10,13,17-18H,6-9,11-12,14-15H2. The molecule has 0 bridgehead atoms. The fourth-order valence-corrected chi connectivity index (χ4v) is 4.90. The number of rotatable bonds is 3. The highest BCUT2D eigenvalue weighted by atomic mass is 16.3. The van der Waals surface area contributed by atoms with Crippen molar-refractivity contribution in [3.63, 3.8) is 0 Å². The highest BCUT2D eigenvalue weighted by Crippen LogP contribution is 2.50. The molecule has 28 heavy (non-hydrogen) atoms. The van der Waals surface area contributed by atoms with Crippen LogP contribution in [0.15, 0.2) is 47.2 Å². The maximum Gasteiger partial charge on any atom is 0.253 e. The highest BCUT2D eigenvalue weighted by Gasteiger charge is 2.52. The molecule has 1 aliphatic carbocycles. The highest BCUT2D eigenvalue weighted by molar-refractivity contribution is 5.94. The van der Waals surface area contributed by atoms with E-state index in [4.69, 9.17) is 4.42 Å². The van der Waals surface area contributed by atoms with E-state index in [0.29, 0.717) is 30.5 Å². The third-order valence-electron chi connectivity index (χ3n) is 6.70. The molecule has 2 aliphatic heterocycles. The predicted octanol–water partition coefficient (Wildman–Crippen LogP) is 2.93. The van der Waals surface area contributed by atoms with Crippen LogP contribution >= 0.6 is 0 Å². The van der Waals surface area contributed by atoms with Crippen LogP contribution in [0.1, 0.15) is 47.8 Å². The Balaban J connectivity index is 1.37. The lowest BCUT2D eigenvalue weighted by molar-refractivity contribution is -0.135. The predicted molar refractivity (Wildman–Crippen MR) is 103 cm³/mol. The molecule has 3 fully saturated rings. The minimum atomic E-state index is -0.0738. The van der Waals surface area contributed by atoms with Crippen molar-refractivity contribution in [1.82, 2.24) is 14.8 Å². The van der Waals surface area contributed by atoms with Gasteiger partial charge in [-0.1, -0.05) is 18.2 Å². The van der Waals surface area contributed by atoms with Gasteiger partial charge in [-0.25, -0.2) is 4.98 Å². The Morgan fingerprint density at radius 2 is 1.82 bits per heavy atom. The molecule has 6 heteroatoms. The van der Waals surface area contributed by atoms with E-state index in [1.165, 1.54) is 0 Å². The largest absolute Gasteiger partial charge is 0.449 e. The van der Waals surface area contributed by atoms with E-state index in [1.807, 2.05) is 40.1 Å². The van der Waals surface area contributed by atoms with Gasteiger partial charge in [0.15, 0.2) is 5.89 Å². The molecule has 3 heterocycles. The molecule has 0 radical (unpaired) electrons. The van der Waals surface area contributed by atoms with Crippen LogP contribution in [0.25, 0.3) is 0 Å². The van der Waals surface area contributed by atoms with Gasteiger partial charge in [-0.2, -0.15) is 0 Å². The van der Waals surface area contributed by atoms with Crippen LogP contribution in [0.2, 0.25) is 0 Å². The molecule has 1 aromatic carbocycles. The number of likely N-dealkylation sites (tertiary alicyclic amines) is 2. The van der Waals surface area contributed by atoms with Crippen LogP contribution in [-0.4, -0.2) is 52.8 Å². The van der Waals surface area contributed by atoms with Gasteiger partial charge in [-0.05, 0) is 37.8 Å². The fraction of sp³-hybridized carbons (Fsp3) is 0.500. The quantitative estimate of drug-likeness (QED) is 0.822. The first kappa shape index (κ1) is 17.5. The minimum Gasteiger partial charge on any atom is -0.449 e. The molecule has 1 unspecified atom stereocenters. The summed E-state index contributed by atoms with van der Waals surface area (Å²) < 4.78 is 5.67. The average molecular weight is 379 g/mol. The van der Waals surface area contributed by atoms with Gasteiger partial charge in [0.25, 0.3) is 5.91 Å². The molecule has 146 valence electrons. The fourth-order valence-electron chi connectivity index (χ4n) is 4.90. The lowest BCUT2D eigenvalue weighted by Gasteiger charge is -2.41. The first-order valence-electron chi connectivity index (χ1n) is 10.2. The van der Waals surface area contributed by atoms with Crippen molar-refractivity contribution in [2.45, 2.75) is 31.6 Å². The zero-order valence-corrected chi connectivity index (χ0v) is 15.9. The normalized spacial score (nSPS) is 23.9. The van der Waals surface area contributed by atoms with E-state index in [2.05, 4.69) is 4.98 Å². The summed E-state index contributed by atoms with van der Waals surface area (Å²) in [4.78, 5) is 33.9. The Bertz CT molecular complexity index is 852. The number of carbonyl (C=O) groups is 2. The van der Waals surface area contributed by atoms with Crippen molar-refractivity contribution in [1.29, 1.82) is 0 Å². The van der Waals surface area contributed by atoms with Crippen LogP contribution < -0.4 is 0 Å². The molecule has 2 saturated heterocycles. The molecular formula is C22H25N3O3. The number of hydrogen-bond acceptors (Lipinski definition) is 4. The zero-order valence-electron chi connectivity index (χ0n) is 15.9. The number of oxazole rings is 1. The minimum absolute atomic E-state index is 0.0607. The van der Waals surface area contributed by atoms with Crippen molar-refractivity contribution in [2.75, 3.05) is 26.2 Å². The summed E-state index contributed by atoms with van der Waals surface area (Å²) in [7, 11) is 0. The van der Waals surface area contributed by atoms with Crippen molar-refractivity contribution < 1.29 is 14.0 Å². The van der Waals surface area contributed by atoms with Crippen molar-refractivity contribution in [2.24, 2.45) is 11.3 Å². The first-order valence-corrected chi connectivity index (χ1v) is 10.2. The Kier molecular flexibility index (Phi) is 4.22. The molecule has 5 rings (SSSR count). The van der Waals surface area contributed by atoms with Gasteiger partial charge < -0.3 is 14.2 Å². The van der Waals surface area contributed by atoms with E-state index >= 15 is 0 Å². The third kappa shape index (κ3) is 3.01. The Hall–Kier alpha value is -2.63. The monoisotopic (exact) mass is 379 g/mol. The van der Waals surface area contributed by atoms with E-state index in [-0.39, 0.29) is 23.2 Å². The molecule has 2 aromatic rings. The molecular weight excluding hydrogens is 354 g/mol. The molecule has 1 atom stereocenters. The Morgan fingerprint density at radius 1 is 1.07 bits per heavy atom.